The Labute approximate surface area is 625 Å². The molecule has 614 valence electrons. The van der Waals surface area contributed by atoms with Crippen LogP contribution >= 0.6 is 11.8 Å². The Balaban J connectivity index is 5.18. The van der Waals surface area contributed by atoms with Crippen LogP contribution in [0.25, 0.3) is 0 Å². The van der Waals surface area contributed by atoms with Crippen LogP contribution in [0.4, 0.5) is 0 Å². The number of aliphatic hydroxyl groups excluding tert-OH is 6. The Morgan fingerprint density at radius 2 is 0.615 bits per heavy atom. The summed E-state index contributed by atoms with van der Waals surface area (Å²) in [6.45, 7) is -5.54. The highest BCUT2D eigenvalue weighted by Crippen LogP contribution is 2.13. The van der Waals surface area contributed by atoms with E-state index in [4.69, 9.17) is 10.8 Å². The van der Waals surface area contributed by atoms with Gasteiger partial charge in [0.25, 0.3) is 0 Å². The average molecular weight is 1580 g/mol. The topological polar surface area (TPSA) is 775 Å². The molecule has 0 heterocycles. The molecule has 0 radical (unpaired) electrons. The molecule has 0 aromatic rings. The fourth-order valence-electron chi connectivity index (χ4n) is 8.24. The van der Waals surface area contributed by atoms with Crippen molar-refractivity contribution in [2.45, 2.75) is 120 Å². The van der Waals surface area contributed by atoms with Gasteiger partial charge in [0.1, 0.15) is 54.4 Å². The quantitative estimate of drug-likeness (QED) is 0.0269. The molecule has 0 aliphatic rings. The molecule has 50 heteroatoms. The van der Waals surface area contributed by atoms with Gasteiger partial charge in [-0.2, -0.15) is 11.8 Å². The molecule has 0 aromatic carbocycles. The lowest BCUT2D eigenvalue weighted by Gasteiger charge is -2.30. The second kappa shape index (κ2) is 52.8. The number of carboxylic acid groups (broad SMARTS) is 2. The lowest BCUT2D eigenvalue weighted by molar-refractivity contribution is -0.145. The van der Waals surface area contributed by atoms with Crippen LogP contribution in [0, 0.1) is 11.8 Å². The molecule has 0 aliphatic heterocycles. The largest absolute Gasteiger partial charge is 0.481 e. The zero-order valence-electron chi connectivity index (χ0n) is 60.1. The van der Waals surface area contributed by atoms with Crippen LogP contribution in [-0.4, -0.2) is 342 Å². The predicted octanol–water partition coefficient (Wildman–Crippen LogP) is -17.8. The van der Waals surface area contributed by atoms with E-state index in [0.29, 0.717) is 5.75 Å². The van der Waals surface area contributed by atoms with Crippen molar-refractivity contribution in [3.8, 4) is 0 Å². The van der Waals surface area contributed by atoms with E-state index in [1.807, 2.05) is 16.0 Å². The van der Waals surface area contributed by atoms with Crippen molar-refractivity contribution in [1.82, 2.24) is 101 Å². The maximum atomic E-state index is 13.9. The summed E-state index contributed by atoms with van der Waals surface area (Å²) in [4.78, 5) is 264. The molecule has 19 amide bonds. The third-order valence-electron chi connectivity index (χ3n) is 14.6. The predicted molar refractivity (Wildman–Crippen MR) is 370 cm³/mol. The lowest BCUT2D eigenvalue weighted by atomic mass is 9.95. The molecule has 0 aliphatic carbocycles. The number of hydrogen-bond acceptors (Lipinski definition) is 29. The lowest BCUT2D eigenvalue weighted by Crippen LogP contribution is -2.62. The number of aliphatic hydroxyl groups is 6. The van der Waals surface area contributed by atoms with Crippen molar-refractivity contribution < 1.29 is 142 Å². The molecule has 0 fully saturated rings. The van der Waals surface area contributed by atoms with Gasteiger partial charge in [0.05, 0.1) is 111 Å². The van der Waals surface area contributed by atoms with Gasteiger partial charge in [-0.25, -0.2) is 4.79 Å². The highest BCUT2D eigenvalue weighted by atomic mass is 32.2. The molecule has 29 N–H and O–H groups in total. The second-order valence-corrected chi connectivity index (χ2v) is 24.7. The molecule has 0 unspecified atom stereocenters. The molecule has 49 nitrogen and oxygen atoms in total. The van der Waals surface area contributed by atoms with Crippen LogP contribution in [0.1, 0.15) is 53.9 Å². The summed E-state index contributed by atoms with van der Waals surface area (Å²) in [5, 5.41) is 118. The van der Waals surface area contributed by atoms with E-state index in [-0.39, 0.29) is 12.8 Å². The summed E-state index contributed by atoms with van der Waals surface area (Å²) in [7, 11) is 0. The molecule has 0 rings (SSSR count). The molecule has 0 bridgehead atoms. The Bertz CT molecular complexity index is 3210. The van der Waals surface area contributed by atoms with Crippen molar-refractivity contribution in [2.75, 3.05) is 110 Å². The average Bonchev–Trinajstić information content (AvgIpc) is 0.836. The SMILES string of the molecule is CC[C@H](C)[C@H](NC(=O)[C@H](CC(=O)O)NC(=O)[C@H](CO)NC(=O)[C@H](CO)NC(=O)CNC(=O)CNC(=O)CNC(=O)CNC(=O)[C@H](CO)NC(=O)CNC(=O)CNC(=O)CNC(=O)[C@H](CO)NC(=O)CNC(=O)CNC(=O)CNC(=O)[C@@H](N)CO)C(=O)N[C@H](C(=O)N[C@@H](CCSC)C(=O)N[C@H](C(=O)O)[C@@H](C)O)C(C)C. The summed E-state index contributed by atoms with van der Waals surface area (Å²) in [6.07, 6.45) is -0.800. The van der Waals surface area contributed by atoms with E-state index in [0.717, 1.165) is 6.92 Å². The zero-order chi connectivity index (χ0) is 83.2. The third kappa shape index (κ3) is 40.5. The summed E-state index contributed by atoms with van der Waals surface area (Å²) in [6, 6.07) is -16.6. The van der Waals surface area contributed by atoms with E-state index >= 15 is 0 Å². The van der Waals surface area contributed by atoms with Gasteiger partial charge in [-0.3, -0.25) is 95.9 Å². The summed E-state index contributed by atoms with van der Waals surface area (Å²) >= 11 is 1.29. The van der Waals surface area contributed by atoms with E-state index in [9.17, 15) is 136 Å². The van der Waals surface area contributed by atoms with Gasteiger partial charge >= 0.3 is 11.9 Å². The van der Waals surface area contributed by atoms with E-state index in [2.05, 4.69) is 85.1 Å². The molecule has 0 aromatic heterocycles. The van der Waals surface area contributed by atoms with Crippen LogP contribution in [-0.2, 0) is 101 Å². The van der Waals surface area contributed by atoms with Gasteiger partial charge < -0.3 is 148 Å². The number of rotatable bonds is 53. The number of thioether (sulfide) groups is 1. The number of hydrogen-bond donors (Lipinski definition) is 28. The van der Waals surface area contributed by atoms with Crippen LogP contribution < -0.4 is 107 Å². The van der Waals surface area contributed by atoms with Crippen molar-refractivity contribution in [3.63, 3.8) is 0 Å². The first-order valence-electron chi connectivity index (χ1n) is 33.0. The maximum absolute atomic E-state index is 13.9. The first-order valence-corrected chi connectivity index (χ1v) is 34.4. The van der Waals surface area contributed by atoms with Gasteiger partial charge in [0.2, 0.25) is 112 Å². The van der Waals surface area contributed by atoms with Crippen molar-refractivity contribution in [3.05, 3.63) is 0 Å². The van der Waals surface area contributed by atoms with Gasteiger partial charge in [-0.15, -0.1) is 0 Å². The number of carboxylic acids is 2. The van der Waals surface area contributed by atoms with Crippen molar-refractivity contribution in [2.24, 2.45) is 17.6 Å². The van der Waals surface area contributed by atoms with Gasteiger partial charge in [-0.05, 0) is 37.2 Å². The maximum Gasteiger partial charge on any atom is 0.328 e. The van der Waals surface area contributed by atoms with E-state index < -0.39 is 307 Å². The number of nitrogens with two attached hydrogens (primary N) is 1. The molecule has 0 saturated heterocycles. The fraction of sp³-hybridized carbons (Fsp3) is 0.644. The fourth-order valence-corrected chi connectivity index (χ4v) is 8.71. The highest BCUT2D eigenvalue weighted by molar-refractivity contribution is 7.98. The summed E-state index contributed by atoms with van der Waals surface area (Å²) in [5.74, 6) is -24.2. The minimum absolute atomic E-state index is 0.0131. The van der Waals surface area contributed by atoms with Crippen LogP contribution in [0.5, 0.6) is 0 Å². The first kappa shape index (κ1) is 97.9. The molecule has 12 atom stereocenters. The zero-order valence-corrected chi connectivity index (χ0v) is 60.9. The normalized spacial score (nSPS) is 14.0. The Morgan fingerprint density at radius 1 is 0.330 bits per heavy atom. The Morgan fingerprint density at radius 3 is 0.936 bits per heavy atom. The number of aliphatic carboxylic acids is 2. The molecular formula is C59H98N20O29S. The minimum atomic E-state index is -2.02. The monoisotopic (exact) mass is 1580 g/mol. The van der Waals surface area contributed by atoms with E-state index in [1.165, 1.54) is 32.5 Å². The van der Waals surface area contributed by atoms with Crippen LogP contribution in [0.15, 0.2) is 0 Å². The van der Waals surface area contributed by atoms with Gasteiger partial charge in [0.15, 0.2) is 6.04 Å². The summed E-state index contributed by atoms with van der Waals surface area (Å²) in [5.41, 5.74) is 5.29. The standard InChI is InChI=1S/C59H98N20O29S/c1-7-27(4)48(58(106)77-47(26(2)3)57(105)74-30(8-9-109-6)53(101)79-49(28(5)85)59(107)108)78-54(102)31(10-46(96)97)75-56(104)35(25-84)76-55(103)34(24-83)73-45(95)20-67-37(87)12-61-36(86)11-63-41(91)16-69-51(99)32(22-81)72-44(94)19-66-39(89)14-64-42(92)17-70-52(100)33(23-82)71-43(93)18-65-38(88)13-62-40(90)15-68-50(98)29(60)21-80/h26-35,47-49,80-85H,7-25,60H2,1-6H3,(H,61,86)(H,62,90)(H,63,91)(H,64,92)(H,65,88)(H,66,89)(H,67,87)(H,68,98)(H,69,99)(H,70,100)(H,71,93)(H,72,94)(H,73,95)(H,74,105)(H,75,104)(H,76,103)(H,77,106)(H,78,102)(H,79,101)(H,96,97)(H,107,108)/t27-,28+,29-,30-,31-,32-,33-,34-,35-,47-,48-,49-/m0/s1. The number of carbonyl (C=O) groups is 21. The van der Waals surface area contributed by atoms with Crippen LogP contribution in [0.2, 0.25) is 0 Å². The number of carbonyl (C=O) groups excluding carboxylic acids is 19. The molecule has 0 spiro atoms. The summed E-state index contributed by atoms with van der Waals surface area (Å²) < 4.78 is 0. The highest BCUT2D eigenvalue weighted by Gasteiger charge is 2.38. The number of amides is 19. The molecular weight excluding hydrogens is 1480 g/mol. The second-order valence-electron chi connectivity index (χ2n) is 23.7. The molecule has 0 saturated carbocycles. The first-order chi connectivity index (χ1) is 51.2. The van der Waals surface area contributed by atoms with Crippen molar-refractivity contribution >= 4 is 136 Å². The van der Waals surface area contributed by atoms with Crippen molar-refractivity contribution in [1.29, 1.82) is 0 Å². The molecule has 109 heavy (non-hydrogen) atoms. The van der Waals surface area contributed by atoms with Crippen LogP contribution in [0.3, 0.4) is 0 Å². The Kier molecular flexibility index (Phi) is 47.5. The van der Waals surface area contributed by atoms with Gasteiger partial charge in [-0.1, -0.05) is 34.1 Å². The Hall–Kier alpha value is -11.1. The third-order valence-corrected chi connectivity index (χ3v) is 15.2. The minimum Gasteiger partial charge on any atom is -0.481 e. The smallest absolute Gasteiger partial charge is 0.328 e. The van der Waals surface area contributed by atoms with Gasteiger partial charge in [0, 0.05) is 0 Å². The van der Waals surface area contributed by atoms with E-state index in [1.54, 1.807) is 13.2 Å². The number of nitrogens with one attached hydrogen (secondary N) is 19.